The van der Waals surface area contributed by atoms with Gasteiger partial charge in [0.05, 0.1) is 6.61 Å². The molecule has 0 spiro atoms. The molecule has 12 heteroatoms. The first-order chi connectivity index (χ1) is 39.6. The Morgan fingerprint density at radius 1 is 0.420 bits per heavy atom. The summed E-state index contributed by atoms with van der Waals surface area (Å²) in [5, 5.41) is 31.6. The zero-order valence-corrected chi connectivity index (χ0v) is 50.7. The van der Waals surface area contributed by atoms with Crippen molar-refractivity contribution in [3.63, 3.8) is 0 Å². The van der Waals surface area contributed by atoms with Gasteiger partial charge < -0.3 is 39.0 Å². The van der Waals surface area contributed by atoms with Crippen molar-refractivity contribution in [1.82, 2.24) is 0 Å². The highest BCUT2D eigenvalue weighted by atomic mass is 16.7. The maximum atomic E-state index is 13.2. The zero-order chi connectivity index (χ0) is 58.9. The second-order valence-electron chi connectivity index (χ2n) is 21.3. The van der Waals surface area contributed by atoms with Crippen molar-refractivity contribution in [3.05, 3.63) is 109 Å². The molecule has 3 N–H and O–H groups in total. The number of hydrogen-bond acceptors (Lipinski definition) is 11. The van der Waals surface area contributed by atoms with Gasteiger partial charge in [-0.3, -0.25) is 14.4 Å². The summed E-state index contributed by atoms with van der Waals surface area (Å²) in [4.78, 5) is 51.3. The van der Waals surface area contributed by atoms with Crippen molar-refractivity contribution in [2.75, 3.05) is 13.2 Å². The number of carbonyl (C=O) groups excluding carboxylic acids is 3. The highest BCUT2D eigenvalue weighted by Crippen LogP contribution is 2.26. The van der Waals surface area contributed by atoms with E-state index in [1.807, 2.05) is 12.2 Å². The lowest BCUT2D eigenvalue weighted by Crippen LogP contribution is -2.61. The summed E-state index contributed by atoms with van der Waals surface area (Å²) in [6, 6.07) is 0. The Kier molecular flexibility index (Phi) is 51.3. The minimum Gasteiger partial charge on any atom is -0.479 e. The lowest BCUT2D eigenvalue weighted by Gasteiger charge is -2.40. The number of unbranched alkanes of at least 4 members (excludes halogenated alkanes) is 21. The van der Waals surface area contributed by atoms with Crippen molar-refractivity contribution in [2.24, 2.45) is 0 Å². The molecule has 0 radical (unpaired) electrons. The first kappa shape index (κ1) is 74.4. The van der Waals surface area contributed by atoms with Gasteiger partial charge in [-0.2, -0.15) is 0 Å². The van der Waals surface area contributed by atoms with Crippen molar-refractivity contribution in [2.45, 2.75) is 289 Å². The van der Waals surface area contributed by atoms with Crippen LogP contribution < -0.4 is 0 Å². The molecule has 12 nitrogen and oxygen atoms in total. The SMILES string of the molecule is CC/C=C\C/C=C\C/C=C\C/C=C\C/C=C\C/C=C\CCC(=O)OCC(COC1OC(C(=O)O)C(O)C(O)C1OC(=O)CCCCCCC/C=C\CCCCCCCC)OC(=O)CCCCCCCCC/C=C\C/C=C\CCCCC. The number of aliphatic hydroxyl groups excluding tert-OH is 2. The van der Waals surface area contributed by atoms with E-state index in [0.717, 1.165) is 135 Å². The van der Waals surface area contributed by atoms with Gasteiger partial charge in [-0.25, -0.2) is 4.79 Å². The molecule has 1 saturated heterocycles. The van der Waals surface area contributed by atoms with E-state index in [9.17, 15) is 34.5 Å². The number of carbonyl (C=O) groups is 4. The Morgan fingerprint density at radius 3 is 1.27 bits per heavy atom. The number of ether oxygens (including phenoxy) is 5. The number of carboxylic acids is 1. The molecule has 6 unspecified atom stereocenters. The van der Waals surface area contributed by atoms with E-state index in [0.29, 0.717) is 19.3 Å². The van der Waals surface area contributed by atoms with Crippen molar-refractivity contribution in [3.8, 4) is 0 Å². The molecule has 0 aromatic rings. The summed E-state index contributed by atoms with van der Waals surface area (Å²) in [6.45, 7) is 5.78. The third kappa shape index (κ3) is 45.6. The second-order valence-corrected chi connectivity index (χ2v) is 21.3. The number of rotatable bonds is 53. The largest absolute Gasteiger partial charge is 0.479 e. The minimum atomic E-state index is -1.92. The first-order valence-corrected chi connectivity index (χ1v) is 31.9. The fraction of sp³-hybridized carbons (Fsp3) is 0.681. The van der Waals surface area contributed by atoms with E-state index >= 15 is 0 Å². The number of hydrogen-bond donors (Lipinski definition) is 3. The molecule has 1 fully saturated rings. The van der Waals surface area contributed by atoms with Crippen LogP contribution in [0.15, 0.2) is 109 Å². The third-order valence-corrected chi connectivity index (χ3v) is 13.8. The molecular formula is C69H112O12. The van der Waals surface area contributed by atoms with Gasteiger partial charge in [0.1, 0.15) is 18.8 Å². The predicted octanol–water partition coefficient (Wildman–Crippen LogP) is 17.0. The fourth-order valence-corrected chi connectivity index (χ4v) is 8.95. The predicted molar refractivity (Wildman–Crippen MR) is 330 cm³/mol. The lowest BCUT2D eigenvalue weighted by atomic mass is 9.98. The van der Waals surface area contributed by atoms with Crippen LogP contribution in [0.25, 0.3) is 0 Å². The molecule has 0 aromatic heterocycles. The number of carboxylic acid groups (broad SMARTS) is 1. The standard InChI is InChI=1S/C69H112O12/c1-4-7-10-13-16-19-22-25-28-30-31-33-35-37-40-43-46-49-52-55-61(70)77-58-60(79-62(71)56-53-50-47-44-41-39-36-32-29-26-23-20-17-14-11-8-5-2)59-78-69-67(65(74)64(73)66(81-69)68(75)76)80-63(72)57-54-51-48-45-42-38-34-27-24-21-18-15-12-9-6-3/h7,10,16-17,19-20,25-29,31,33-34,37,40,46,49,60,64-67,69,73-74H,4-6,8-9,11-15,18,21-24,30,32,35-36,38-39,41-45,47-48,50-59H2,1-3H3,(H,75,76)/b10-7-,19-16-,20-17-,28-25-,29-26-,33-31-,34-27-,40-37-,49-46-. The van der Waals surface area contributed by atoms with E-state index < -0.39 is 67.3 Å². The fourth-order valence-electron chi connectivity index (χ4n) is 8.95. The van der Waals surface area contributed by atoms with Crippen LogP contribution in [0.4, 0.5) is 0 Å². The summed E-state index contributed by atoms with van der Waals surface area (Å²) in [5.41, 5.74) is 0. The zero-order valence-electron chi connectivity index (χ0n) is 50.7. The van der Waals surface area contributed by atoms with Crippen LogP contribution in [-0.2, 0) is 42.9 Å². The van der Waals surface area contributed by atoms with E-state index in [1.165, 1.54) is 57.8 Å². The van der Waals surface area contributed by atoms with Crippen LogP contribution in [-0.4, -0.2) is 89.2 Å². The Bertz CT molecular complexity index is 1820. The molecule has 0 aromatic carbocycles. The minimum absolute atomic E-state index is 0.0382. The number of aliphatic carboxylic acids is 1. The van der Waals surface area contributed by atoms with Crippen LogP contribution in [0, 0.1) is 0 Å². The maximum Gasteiger partial charge on any atom is 0.335 e. The summed E-state index contributed by atoms with van der Waals surface area (Å²) in [5.74, 6) is -3.26. The molecule has 81 heavy (non-hydrogen) atoms. The van der Waals surface area contributed by atoms with Crippen LogP contribution in [0.5, 0.6) is 0 Å². The molecule has 1 aliphatic rings. The van der Waals surface area contributed by atoms with Gasteiger partial charge >= 0.3 is 23.9 Å². The van der Waals surface area contributed by atoms with E-state index in [1.54, 1.807) is 0 Å². The molecule has 0 aliphatic carbocycles. The van der Waals surface area contributed by atoms with Crippen LogP contribution in [0.3, 0.4) is 0 Å². The number of esters is 3. The molecule has 1 aliphatic heterocycles. The van der Waals surface area contributed by atoms with Gasteiger partial charge in [0.15, 0.2) is 24.6 Å². The Labute approximate surface area is 491 Å². The van der Waals surface area contributed by atoms with Crippen LogP contribution in [0.1, 0.15) is 252 Å². The average molecular weight is 1130 g/mol. The highest BCUT2D eigenvalue weighted by molar-refractivity contribution is 5.74. The third-order valence-electron chi connectivity index (χ3n) is 13.8. The highest BCUT2D eigenvalue weighted by Gasteiger charge is 2.50. The number of aliphatic hydroxyl groups is 2. The van der Waals surface area contributed by atoms with Gasteiger partial charge in [0.2, 0.25) is 0 Å². The summed E-state index contributed by atoms with van der Waals surface area (Å²) >= 11 is 0. The normalized spacial score (nSPS) is 18.5. The van der Waals surface area contributed by atoms with Gasteiger partial charge in [0, 0.05) is 19.3 Å². The summed E-state index contributed by atoms with van der Waals surface area (Å²) in [6.07, 6.45) is 63.4. The molecule has 0 bridgehead atoms. The van der Waals surface area contributed by atoms with E-state index in [2.05, 4.69) is 118 Å². The lowest BCUT2D eigenvalue weighted by molar-refractivity contribution is -0.301. The molecule has 0 amide bonds. The summed E-state index contributed by atoms with van der Waals surface area (Å²) in [7, 11) is 0. The van der Waals surface area contributed by atoms with E-state index in [4.69, 9.17) is 23.7 Å². The topological polar surface area (TPSA) is 175 Å². The Balaban J connectivity index is 2.74. The quantitative estimate of drug-likeness (QED) is 0.0228. The maximum absolute atomic E-state index is 13.2. The van der Waals surface area contributed by atoms with Gasteiger partial charge in [-0.15, -0.1) is 0 Å². The molecule has 1 heterocycles. The molecule has 1 rings (SSSR count). The molecule has 460 valence electrons. The van der Waals surface area contributed by atoms with Crippen molar-refractivity contribution < 1.29 is 58.2 Å². The van der Waals surface area contributed by atoms with E-state index in [-0.39, 0.29) is 25.9 Å². The molecular weight excluding hydrogens is 1020 g/mol. The Morgan fingerprint density at radius 2 is 0.802 bits per heavy atom. The first-order valence-electron chi connectivity index (χ1n) is 31.9. The van der Waals surface area contributed by atoms with Gasteiger partial charge in [-0.05, 0) is 116 Å². The van der Waals surface area contributed by atoms with Gasteiger partial charge in [-0.1, -0.05) is 226 Å². The summed E-state index contributed by atoms with van der Waals surface area (Å²) < 4.78 is 28.4. The van der Waals surface area contributed by atoms with Crippen molar-refractivity contribution in [1.29, 1.82) is 0 Å². The van der Waals surface area contributed by atoms with Gasteiger partial charge in [0.25, 0.3) is 0 Å². The monoisotopic (exact) mass is 1130 g/mol. The number of allylic oxidation sites excluding steroid dienone is 18. The Hall–Kier alpha value is -4.62. The van der Waals surface area contributed by atoms with Crippen LogP contribution >= 0.6 is 0 Å². The smallest absolute Gasteiger partial charge is 0.335 e. The van der Waals surface area contributed by atoms with Crippen LogP contribution in [0.2, 0.25) is 0 Å². The average Bonchev–Trinajstić information content (AvgIpc) is 3.53. The molecule has 6 atom stereocenters. The molecule has 0 saturated carbocycles. The van der Waals surface area contributed by atoms with Crippen molar-refractivity contribution >= 4 is 23.9 Å². The second kappa shape index (κ2) is 55.9.